The minimum atomic E-state index is -3.87. The van der Waals surface area contributed by atoms with Crippen LogP contribution in [0.4, 0.5) is 5.69 Å². The fourth-order valence-corrected chi connectivity index (χ4v) is 4.41. The topological polar surface area (TPSA) is 93.7 Å². The normalized spacial score (nSPS) is 12.0. The largest absolute Gasteiger partial charge is 0.497 e. The summed E-state index contributed by atoms with van der Waals surface area (Å²) < 4.78 is 38.3. The molecule has 0 fully saturated rings. The zero-order valence-electron chi connectivity index (χ0n) is 17.8. The molecule has 0 heterocycles. The predicted octanol–water partition coefficient (Wildman–Crippen LogP) is 5.06. The molecule has 0 aliphatic carbocycles. The van der Waals surface area contributed by atoms with Gasteiger partial charge in [0.25, 0.3) is 15.9 Å². The van der Waals surface area contributed by atoms with Crippen molar-refractivity contribution < 1.29 is 22.7 Å². The number of ether oxygens (including phenoxy) is 2. The van der Waals surface area contributed by atoms with Crippen molar-refractivity contribution in [3.63, 3.8) is 0 Å². The van der Waals surface area contributed by atoms with E-state index in [2.05, 4.69) is 10.0 Å². The third-order valence-electron chi connectivity index (χ3n) is 4.66. The summed E-state index contributed by atoms with van der Waals surface area (Å²) >= 11 is 12.1. The van der Waals surface area contributed by atoms with Crippen molar-refractivity contribution in [2.45, 2.75) is 17.9 Å². The van der Waals surface area contributed by atoms with Crippen LogP contribution in [-0.4, -0.2) is 28.0 Å². The number of rotatable bonds is 9. The maximum absolute atomic E-state index is 12.6. The van der Waals surface area contributed by atoms with E-state index in [4.69, 9.17) is 32.7 Å². The first-order chi connectivity index (χ1) is 15.7. The minimum absolute atomic E-state index is 0.0449. The van der Waals surface area contributed by atoms with Gasteiger partial charge in [0.15, 0.2) is 6.61 Å². The second-order valence-electron chi connectivity index (χ2n) is 7.06. The van der Waals surface area contributed by atoms with Crippen LogP contribution in [0.1, 0.15) is 18.5 Å². The fourth-order valence-electron chi connectivity index (χ4n) is 2.90. The molecule has 0 radical (unpaired) electrons. The third kappa shape index (κ3) is 6.77. The maximum Gasteiger partial charge on any atom is 0.261 e. The second-order valence-corrected chi connectivity index (χ2v) is 9.58. The number of methoxy groups -OCH3 is 1. The van der Waals surface area contributed by atoms with Crippen LogP contribution in [0.2, 0.25) is 10.0 Å². The van der Waals surface area contributed by atoms with E-state index in [1.165, 1.54) is 25.3 Å². The lowest BCUT2D eigenvalue weighted by atomic mass is 10.1. The number of hydrogen-bond donors (Lipinski definition) is 2. The van der Waals surface area contributed by atoms with E-state index in [9.17, 15) is 13.2 Å². The van der Waals surface area contributed by atoms with Gasteiger partial charge in [0, 0.05) is 10.7 Å². The Morgan fingerprint density at radius 3 is 2.27 bits per heavy atom. The molecule has 3 aromatic carbocycles. The van der Waals surface area contributed by atoms with Crippen molar-refractivity contribution in [3.05, 3.63) is 82.3 Å². The van der Waals surface area contributed by atoms with Gasteiger partial charge in [0.1, 0.15) is 11.5 Å². The molecule has 10 heteroatoms. The zero-order chi connectivity index (χ0) is 24.0. The first-order valence-corrected chi connectivity index (χ1v) is 12.1. The fraction of sp³-hybridized carbons (Fsp3) is 0.174. The summed E-state index contributed by atoms with van der Waals surface area (Å²) in [5.41, 5.74) is 1.27. The van der Waals surface area contributed by atoms with E-state index in [1.807, 2.05) is 19.1 Å². The number of sulfonamides is 1. The van der Waals surface area contributed by atoms with Crippen molar-refractivity contribution >= 4 is 44.8 Å². The van der Waals surface area contributed by atoms with Crippen molar-refractivity contribution in [2.24, 2.45) is 0 Å². The van der Waals surface area contributed by atoms with Gasteiger partial charge in [-0.3, -0.25) is 9.52 Å². The number of anilines is 1. The highest BCUT2D eigenvalue weighted by Crippen LogP contribution is 2.28. The van der Waals surface area contributed by atoms with E-state index in [-0.39, 0.29) is 34.2 Å². The average Bonchev–Trinajstić information content (AvgIpc) is 2.79. The van der Waals surface area contributed by atoms with Crippen LogP contribution in [-0.2, 0) is 14.8 Å². The molecule has 0 aliphatic rings. The average molecular weight is 509 g/mol. The SMILES string of the molecule is COc1ccc(NS(=O)(=O)c2ccc(OCC(=O)N[C@H](C)c3ccc(Cl)cc3)c(Cl)c2)cc1. The Hall–Kier alpha value is -2.94. The van der Waals surface area contributed by atoms with E-state index in [0.29, 0.717) is 16.5 Å². The Balaban J connectivity index is 1.60. The van der Waals surface area contributed by atoms with Gasteiger partial charge in [-0.05, 0) is 67.1 Å². The van der Waals surface area contributed by atoms with Gasteiger partial charge in [0.05, 0.1) is 23.1 Å². The number of hydrogen-bond acceptors (Lipinski definition) is 5. The third-order valence-corrected chi connectivity index (χ3v) is 6.59. The molecule has 2 N–H and O–H groups in total. The molecule has 0 bridgehead atoms. The quantitative estimate of drug-likeness (QED) is 0.421. The molecule has 3 rings (SSSR count). The van der Waals surface area contributed by atoms with Gasteiger partial charge in [-0.15, -0.1) is 0 Å². The Kier molecular flexibility index (Phi) is 8.07. The molecule has 0 aromatic heterocycles. The highest BCUT2D eigenvalue weighted by molar-refractivity contribution is 7.92. The van der Waals surface area contributed by atoms with E-state index in [1.54, 1.807) is 36.4 Å². The highest BCUT2D eigenvalue weighted by atomic mass is 35.5. The summed E-state index contributed by atoms with van der Waals surface area (Å²) in [5, 5.41) is 3.48. The summed E-state index contributed by atoms with van der Waals surface area (Å²) in [6, 6.07) is 17.3. The van der Waals surface area contributed by atoms with Crippen LogP contribution < -0.4 is 19.5 Å². The van der Waals surface area contributed by atoms with E-state index < -0.39 is 10.0 Å². The molecule has 0 spiro atoms. The van der Waals surface area contributed by atoms with Gasteiger partial charge >= 0.3 is 0 Å². The first-order valence-electron chi connectivity index (χ1n) is 9.82. The Labute approximate surface area is 202 Å². The molecular formula is C23H22Cl2N2O5S. The molecular weight excluding hydrogens is 487 g/mol. The van der Waals surface area contributed by atoms with Crippen molar-refractivity contribution in [2.75, 3.05) is 18.4 Å². The van der Waals surface area contributed by atoms with Crippen molar-refractivity contribution in [1.29, 1.82) is 0 Å². The lowest BCUT2D eigenvalue weighted by Gasteiger charge is -2.15. The first kappa shape index (κ1) is 24.7. The molecule has 1 amide bonds. The number of halogens is 2. The Bertz CT molecular complexity index is 1220. The number of carbonyl (C=O) groups excluding carboxylic acids is 1. The van der Waals surface area contributed by atoms with Gasteiger partial charge in [-0.25, -0.2) is 8.42 Å². The maximum atomic E-state index is 12.6. The Morgan fingerprint density at radius 2 is 1.67 bits per heavy atom. The number of amides is 1. The molecule has 0 saturated heterocycles. The van der Waals surface area contributed by atoms with Crippen molar-refractivity contribution in [1.82, 2.24) is 5.32 Å². The number of nitrogens with one attached hydrogen (secondary N) is 2. The monoisotopic (exact) mass is 508 g/mol. The predicted molar refractivity (Wildman–Crippen MR) is 129 cm³/mol. The van der Waals surface area contributed by atoms with Gasteiger partial charge in [-0.1, -0.05) is 35.3 Å². The van der Waals surface area contributed by atoms with Crippen LogP contribution in [0.25, 0.3) is 0 Å². The van der Waals surface area contributed by atoms with Crippen LogP contribution in [0.15, 0.2) is 71.6 Å². The van der Waals surface area contributed by atoms with Gasteiger partial charge in [-0.2, -0.15) is 0 Å². The van der Waals surface area contributed by atoms with Gasteiger partial charge in [0.2, 0.25) is 0 Å². The molecule has 33 heavy (non-hydrogen) atoms. The Morgan fingerprint density at radius 1 is 1.00 bits per heavy atom. The van der Waals surface area contributed by atoms with Crippen molar-refractivity contribution in [3.8, 4) is 11.5 Å². The lowest BCUT2D eigenvalue weighted by molar-refractivity contribution is -0.123. The van der Waals surface area contributed by atoms with E-state index in [0.717, 1.165) is 5.56 Å². The van der Waals surface area contributed by atoms with Crippen LogP contribution in [0, 0.1) is 0 Å². The molecule has 7 nitrogen and oxygen atoms in total. The van der Waals surface area contributed by atoms with Crippen LogP contribution in [0.5, 0.6) is 11.5 Å². The second kappa shape index (κ2) is 10.8. The molecule has 1 atom stereocenters. The molecule has 174 valence electrons. The van der Waals surface area contributed by atoms with Crippen LogP contribution in [0.3, 0.4) is 0 Å². The highest BCUT2D eigenvalue weighted by Gasteiger charge is 2.17. The standard InChI is InChI=1S/C23H22Cl2N2O5S/c1-15(16-3-5-17(24)6-4-16)26-23(28)14-32-22-12-11-20(13-21(22)25)33(29,30)27-18-7-9-19(31-2)10-8-18/h3-13,15,27H,14H2,1-2H3,(H,26,28)/t15-/m1/s1. The van der Waals surface area contributed by atoms with Crippen LogP contribution >= 0.6 is 23.2 Å². The number of carbonyl (C=O) groups is 1. The molecule has 0 unspecified atom stereocenters. The summed E-state index contributed by atoms with van der Waals surface area (Å²) in [6.07, 6.45) is 0. The van der Waals surface area contributed by atoms with Gasteiger partial charge < -0.3 is 14.8 Å². The molecule has 0 aliphatic heterocycles. The molecule has 0 saturated carbocycles. The van der Waals surface area contributed by atoms with E-state index >= 15 is 0 Å². The lowest BCUT2D eigenvalue weighted by Crippen LogP contribution is -2.31. The summed E-state index contributed by atoms with van der Waals surface area (Å²) in [7, 11) is -2.35. The minimum Gasteiger partial charge on any atom is -0.497 e. The summed E-state index contributed by atoms with van der Waals surface area (Å²) in [5.74, 6) is 0.440. The number of benzene rings is 3. The summed E-state index contributed by atoms with van der Waals surface area (Å²) in [4.78, 5) is 12.2. The summed E-state index contributed by atoms with van der Waals surface area (Å²) in [6.45, 7) is 1.55. The smallest absolute Gasteiger partial charge is 0.261 e. The zero-order valence-corrected chi connectivity index (χ0v) is 20.2. The molecule has 3 aromatic rings.